The minimum atomic E-state index is -0.363. The van der Waals surface area contributed by atoms with Crippen LogP contribution in [0.4, 0.5) is 0 Å². The van der Waals surface area contributed by atoms with Gasteiger partial charge in [0.15, 0.2) is 0 Å². The molecule has 4 N–H and O–H groups in total. The smallest absolute Gasteiger partial charge is 0.222 e. The van der Waals surface area contributed by atoms with Gasteiger partial charge in [-0.3, -0.25) is 4.79 Å². The number of aliphatic hydroxyl groups excluding tert-OH is 1. The Kier molecular flexibility index (Phi) is 5.82. The van der Waals surface area contributed by atoms with Crippen LogP contribution in [-0.2, 0) is 4.79 Å². The van der Waals surface area contributed by atoms with E-state index in [1.807, 2.05) is 44.2 Å². The first-order valence-electron chi connectivity index (χ1n) is 6.25. The van der Waals surface area contributed by atoms with Gasteiger partial charge in [-0.15, -0.1) is 0 Å². The minimum Gasteiger partial charge on any atom is -0.394 e. The number of carbonyl (C=O) groups is 1. The third kappa shape index (κ3) is 4.47. The van der Waals surface area contributed by atoms with E-state index in [0.717, 1.165) is 5.56 Å². The van der Waals surface area contributed by atoms with Gasteiger partial charge in [-0.1, -0.05) is 44.2 Å². The van der Waals surface area contributed by atoms with Gasteiger partial charge in [-0.25, -0.2) is 0 Å². The van der Waals surface area contributed by atoms with Gasteiger partial charge in [-0.05, 0) is 11.5 Å². The van der Waals surface area contributed by atoms with E-state index in [9.17, 15) is 9.90 Å². The van der Waals surface area contributed by atoms with E-state index in [-0.39, 0.29) is 36.9 Å². The highest BCUT2D eigenvalue weighted by Crippen LogP contribution is 2.12. The molecule has 0 aliphatic rings. The number of aliphatic hydroxyl groups is 1. The zero-order valence-electron chi connectivity index (χ0n) is 11.0. The Morgan fingerprint density at radius 3 is 2.44 bits per heavy atom. The van der Waals surface area contributed by atoms with E-state index >= 15 is 0 Å². The van der Waals surface area contributed by atoms with Crippen molar-refractivity contribution in [3.63, 3.8) is 0 Å². The Labute approximate surface area is 108 Å². The van der Waals surface area contributed by atoms with Crippen LogP contribution < -0.4 is 11.1 Å². The topological polar surface area (TPSA) is 75.4 Å². The van der Waals surface area contributed by atoms with Crippen molar-refractivity contribution in [1.82, 2.24) is 5.32 Å². The first kappa shape index (κ1) is 14.7. The molecule has 100 valence electrons. The number of hydrogen-bond acceptors (Lipinski definition) is 3. The molecular formula is C14H22N2O2. The van der Waals surface area contributed by atoms with Gasteiger partial charge in [-0.2, -0.15) is 0 Å². The molecule has 2 unspecified atom stereocenters. The SMILES string of the molecule is CC(C)C(N)CC(=O)NC(CO)c1ccccc1. The number of hydrogen-bond donors (Lipinski definition) is 3. The Hall–Kier alpha value is -1.39. The Bertz CT molecular complexity index is 365. The van der Waals surface area contributed by atoms with Crippen LogP contribution in [0.25, 0.3) is 0 Å². The summed E-state index contributed by atoms with van der Waals surface area (Å²) in [5, 5.41) is 12.1. The highest BCUT2D eigenvalue weighted by Gasteiger charge is 2.17. The quantitative estimate of drug-likeness (QED) is 0.710. The Morgan fingerprint density at radius 1 is 1.33 bits per heavy atom. The van der Waals surface area contributed by atoms with Crippen molar-refractivity contribution >= 4 is 5.91 Å². The van der Waals surface area contributed by atoms with E-state index in [4.69, 9.17) is 5.73 Å². The average Bonchev–Trinajstić information content (AvgIpc) is 2.36. The Morgan fingerprint density at radius 2 is 1.94 bits per heavy atom. The van der Waals surface area contributed by atoms with Gasteiger partial charge in [0.25, 0.3) is 0 Å². The van der Waals surface area contributed by atoms with Crippen LogP contribution in [0.2, 0.25) is 0 Å². The molecule has 0 fully saturated rings. The van der Waals surface area contributed by atoms with Crippen LogP contribution in [0.3, 0.4) is 0 Å². The van der Waals surface area contributed by atoms with Crippen molar-refractivity contribution in [2.75, 3.05) is 6.61 Å². The molecule has 0 bridgehead atoms. The molecule has 18 heavy (non-hydrogen) atoms. The van der Waals surface area contributed by atoms with E-state index in [0.29, 0.717) is 0 Å². The van der Waals surface area contributed by atoms with E-state index in [2.05, 4.69) is 5.32 Å². The highest BCUT2D eigenvalue weighted by atomic mass is 16.3. The predicted molar refractivity (Wildman–Crippen MR) is 71.8 cm³/mol. The van der Waals surface area contributed by atoms with Crippen LogP contribution in [0.15, 0.2) is 30.3 Å². The molecule has 2 atom stereocenters. The normalized spacial score (nSPS) is 14.3. The van der Waals surface area contributed by atoms with Crippen molar-refractivity contribution in [3.8, 4) is 0 Å². The molecule has 4 heteroatoms. The molecule has 0 heterocycles. The van der Waals surface area contributed by atoms with Crippen molar-refractivity contribution < 1.29 is 9.90 Å². The summed E-state index contributed by atoms with van der Waals surface area (Å²) in [5.41, 5.74) is 6.74. The molecule has 0 saturated heterocycles. The monoisotopic (exact) mass is 250 g/mol. The van der Waals surface area contributed by atoms with Crippen molar-refractivity contribution in [2.45, 2.75) is 32.4 Å². The van der Waals surface area contributed by atoms with Gasteiger partial charge >= 0.3 is 0 Å². The zero-order valence-corrected chi connectivity index (χ0v) is 11.0. The van der Waals surface area contributed by atoms with Gasteiger partial charge in [0.05, 0.1) is 12.6 Å². The molecule has 1 aromatic rings. The fourth-order valence-electron chi connectivity index (χ4n) is 1.62. The lowest BCUT2D eigenvalue weighted by Crippen LogP contribution is -2.37. The largest absolute Gasteiger partial charge is 0.394 e. The van der Waals surface area contributed by atoms with Crippen molar-refractivity contribution in [1.29, 1.82) is 0 Å². The Balaban J connectivity index is 2.56. The van der Waals surface area contributed by atoms with E-state index < -0.39 is 0 Å². The highest BCUT2D eigenvalue weighted by molar-refractivity contribution is 5.77. The average molecular weight is 250 g/mol. The number of amides is 1. The number of rotatable bonds is 6. The van der Waals surface area contributed by atoms with Gasteiger partial charge < -0.3 is 16.2 Å². The number of carbonyl (C=O) groups excluding carboxylic acids is 1. The standard InChI is InChI=1S/C14H22N2O2/c1-10(2)12(15)8-14(18)16-13(9-17)11-6-4-3-5-7-11/h3-7,10,12-13,17H,8-9,15H2,1-2H3,(H,16,18). The summed E-state index contributed by atoms with van der Waals surface area (Å²) in [4.78, 5) is 11.8. The molecule has 0 spiro atoms. The predicted octanol–water partition coefficient (Wildman–Crippen LogP) is 1.21. The van der Waals surface area contributed by atoms with Crippen LogP contribution >= 0.6 is 0 Å². The molecule has 0 aliphatic heterocycles. The van der Waals surface area contributed by atoms with Gasteiger partial charge in [0.2, 0.25) is 5.91 Å². The minimum absolute atomic E-state index is 0.118. The molecular weight excluding hydrogens is 228 g/mol. The zero-order chi connectivity index (χ0) is 13.5. The molecule has 0 saturated carbocycles. The second kappa shape index (κ2) is 7.13. The summed E-state index contributed by atoms with van der Waals surface area (Å²) in [6, 6.07) is 8.90. The molecule has 4 nitrogen and oxygen atoms in total. The fourth-order valence-corrected chi connectivity index (χ4v) is 1.62. The lowest BCUT2D eigenvalue weighted by atomic mass is 10.0. The summed E-state index contributed by atoms with van der Waals surface area (Å²) in [6.45, 7) is 3.85. The van der Waals surface area contributed by atoms with E-state index in [1.54, 1.807) is 0 Å². The molecule has 1 rings (SSSR count). The second-order valence-electron chi connectivity index (χ2n) is 4.83. The lowest BCUT2D eigenvalue weighted by Gasteiger charge is -2.19. The molecule has 0 aromatic heterocycles. The third-order valence-corrected chi connectivity index (χ3v) is 3.00. The molecule has 1 aromatic carbocycles. The maximum atomic E-state index is 11.8. The molecule has 0 radical (unpaired) electrons. The lowest BCUT2D eigenvalue weighted by molar-refractivity contribution is -0.122. The maximum Gasteiger partial charge on any atom is 0.222 e. The number of nitrogens with two attached hydrogens (primary N) is 1. The summed E-state index contributed by atoms with van der Waals surface area (Å²) in [7, 11) is 0. The van der Waals surface area contributed by atoms with Crippen LogP contribution in [0.1, 0.15) is 31.9 Å². The first-order chi connectivity index (χ1) is 8.54. The van der Waals surface area contributed by atoms with Crippen molar-refractivity contribution in [2.24, 2.45) is 11.7 Å². The molecule has 0 aliphatic carbocycles. The second-order valence-corrected chi connectivity index (χ2v) is 4.83. The first-order valence-corrected chi connectivity index (χ1v) is 6.25. The van der Waals surface area contributed by atoms with Crippen LogP contribution in [0.5, 0.6) is 0 Å². The third-order valence-electron chi connectivity index (χ3n) is 3.00. The van der Waals surface area contributed by atoms with Gasteiger partial charge in [0, 0.05) is 12.5 Å². The van der Waals surface area contributed by atoms with Crippen molar-refractivity contribution in [3.05, 3.63) is 35.9 Å². The maximum absolute atomic E-state index is 11.8. The van der Waals surface area contributed by atoms with Crippen LogP contribution in [0, 0.1) is 5.92 Å². The van der Waals surface area contributed by atoms with E-state index in [1.165, 1.54) is 0 Å². The van der Waals surface area contributed by atoms with Gasteiger partial charge in [0.1, 0.15) is 0 Å². The summed E-state index contributed by atoms with van der Waals surface area (Å²) in [6.07, 6.45) is 0.279. The number of nitrogens with one attached hydrogen (secondary N) is 1. The summed E-state index contributed by atoms with van der Waals surface area (Å²) < 4.78 is 0. The summed E-state index contributed by atoms with van der Waals surface area (Å²) >= 11 is 0. The van der Waals surface area contributed by atoms with Crippen LogP contribution in [-0.4, -0.2) is 23.7 Å². The summed E-state index contributed by atoms with van der Waals surface area (Å²) in [5.74, 6) is 0.138. The number of benzene rings is 1. The molecule has 1 amide bonds. The fraction of sp³-hybridized carbons (Fsp3) is 0.500.